The first-order valence-corrected chi connectivity index (χ1v) is 10.7. The molecular weight excluding hydrogens is 355 g/mol. The molecule has 0 bridgehead atoms. The van der Waals surface area contributed by atoms with E-state index in [1.807, 2.05) is 24.3 Å². The Hall–Kier alpha value is -1.20. The Morgan fingerprint density at radius 2 is 1.09 bits per heavy atom. The van der Waals surface area contributed by atoms with Crippen molar-refractivity contribution < 1.29 is 23.2 Å². The molecule has 0 atom stereocenters. The van der Waals surface area contributed by atoms with Crippen LogP contribution in [0.4, 0.5) is 0 Å². The first kappa shape index (κ1) is 18.1. The third kappa shape index (κ3) is 4.42. The summed E-state index contributed by atoms with van der Waals surface area (Å²) in [5.41, 5.74) is 6.10. The van der Waals surface area contributed by atoms with Crippen LogP contribution in [0.2, 0.25) is 0 Å². The molecule has 0 fully saturated rings. The van der Waals surface area contributed by atoms with E-state index in [2.05, 4.69) is 38.5 Å². The number of rotatable bonds is 10. The summed E-state index contributed by atoms with van der Waals surface area (Å²) in [7, 11) is 0. The Morgan fingerprint density at radius 3 is 1.43 bits per heavy atom. The summed E-state index contributed by atoms with van der Waals surface area (Å²) in [5.74, 6) is 0. The van der Waals surface area contributed by atoms with Crippen molar-refractivity contribution in [1.82, 2.24) is 0 Å². The molecule has 0 aromatic carbocycles. The van der Waals surface area contributed by atoms with Crippen molar-refractivity contribution >= 4 is 0 Å². The van der Waals surface area contributed by atoms with Crippen LogP contribution >= 0.6 is 0 Å². The molecule has 118 valence electrons. The standard InChI is InChI=1S/2C11H13.Zr/c2*1-3-6-10-8-5-9-11(10)7-4-2;/h2*3-4,8H,1-2,5-7H2;. The van der Waals surface area contributed by atoms with Gasteiger partial charge in [0.2, 0.25) is 0 Å². The van der Waals surface area contributed by atoms with Crippen LogP contribution in [0.25, 0.3) is 0 Å². The van der Waals surface area contributed by atoms with E-state index in [0.717, 1.165) is 38.5 Å². The minimum atomic E-state index is -0.705. The van der Waals surface area contributed by atoms with Crippen molar-refractivity contribution in [2.75, 3.05) is 0 Å². The molecule has 0 saturated heterocycles. The second kappa shape index (κ2) is 9.18. The molecule has 2 aliphatic carbocycles. The second-order valence-electron chi connectivity index (χ2n) is 5.88. The number of hydrogen-bond acceptors (Lipinski definition) is 0. The SMILES string of the molecule is C=CCC1=CC[C]([Zr][C]2=C(CC=C)C(CC=C)=CC2)=C1CC=C. The van der Waals surface area contributed by atoms with Gasteiger partial charge in [-0.2, -0.15) is 0 Å². The van der Waals surface area contributed by atoms with E-state index in [1.54, 1.807) is 17.7 Å². The molecule has 0 heterocycles. The van der Waals surface area contributed by atoms with E-state index in [4.69, 9.17) is 0 Å². The summed E-state index contributed by atoms with van der Waals surface area (Å²) in [6.07, 6.45) is 19.3. The van der Waals surface area contributed by atoms with E-state index in [-0.39, 0.29) is 0 Å². The summed E-state index contributed by atoms with van der Waals surface area (Å²) in [6, 6.07) is 0. The fraction of sp³-hybridized carbons (Fsp3) is 0.273. The summed E-state index contributed by atoms with van der Waals surface area (Å²) < 4.78 is 3.46. The van der Waals surface area contributed by atoms with Gasteiger partial charge in [-0.25, -0.2) is 0 Å². The molecule has 0 spiro atoms. The second-order valence-corrected chi connectivity index (χ2v) is 9.46. The van der Waals surface area contributed by atoms with Gasteiger partial charge in [0.1, 0.15) is 0 Å². The summed E-state index contributed by atoms with van der Waals surface area (Å²) in [4.78, 5) is 0. The van der Waals surface area contributed by atoms with Gasteiger partial charge >= 0.3 is 153 Å². The maximum atomic E-state index is 3.95. The summed E-state index contributed by atoms with van der Waals surface area (Å²) >= 11 is -0.705. The van der Waals surface area contributed by atoms with Crippen molar-refractivity contribution in [2.24, 2.45) is 0 Å². The zero-order valence-corrected chi connectivity index (χ0v) is 16.5. The van der Waals surface area contributed by atoms with Gasteiger partial charge in [-0.15, -0.1) is 0 Å². The van der Waals surface area contributed by atoms with Crippen LogP contribution in [-0.2, 0) is 23.2 Å². The van der Waals surface area contributed by atoms with E-state index < -0.39 is 23.2 Å². The molecule has 0 aromatic heterocycles. The molecule has 0 saturated carbocycles. The molecule has 0 N–H and O–H groups in total. The van der Waals surface area contributed by atoms with Crippen molar-refractivity contribution in [3.05, 3.63) is 91.6 Å². The van der Waals surface area contributed by atoms with Crippen LogP contribution in [0, 0.1) is 0 Å². The van der Waals surface area contributed by atoms with E-state index in [0.29, 0.717) is 0 Å². The zero-order chi connectivity index (χ0) is 16.7. The molecule has 2 rings (SSSR count). The van der Waals surface area contributed by atoms with Gasteiger partial charge in [0.25, 0.3) is 0 Å². The first-order chi connectivity index (χ1) is 11.2. The van der Waals surface area contributed by atoms with Crippen molar-refractivity contribution in [2.45, 2.75) is 38.5 Å². The average molecular weight is 382 g/mol. The monoisotopic (exact) mass is 380 g/mol. The molecule has 0 radical (unpaired) electrons. The Morgan fingerprint density at radius 1 is 0.696 bits per heavy atom. The molecule has 23 heavy (non-hydrogen) atoms. The normalized spacial score (nSPS) is 17.0. The van der Waals surface area contributed by atoms with Crippen LogP contribution in [0.5, 0.6) is 0 Å². The van der Waals surface area contributed by atoms with Gasteiger partial charge in [-0.05, 0) is 0 Å². The molecule has 2 aliphatic rings. The third-order valence-electron chi connectivity index (χ3n) is 4.34. The van der Waals surface area contributed by atoms with Gasteiger partial charge in [0.15, 0.2) is 0 Å². The van der Waals surface area contributed by atoms with Crippen LogP contribution in [0.15, 0.2) is 91.6 Å². The van der Waals surface area contributed by atoms with Crippen LogP contribution < -0.4 is 0 Å². The Bertz CT molecular complexity index is 579. The van der Waals surface area contributed by atoms with Gasteiger partial charge in [-0.1, -0.05) is 0 Å². The predicted octanol–water partition coefficient (Wildman–Crippen LogP) is 6.54. The molecule has 0 nitrogen and oxygen atoms in total. The van der Waals surface area contributed by atoms with Gasteiger partial charge < -0.3 is 0 Å². The number of allylic oxidation sites excluding steroid dienone is 12. The van der Waals surface area contributed by atoms with Crippen LogP contribution in [0.1, 0.15) is 38.5 Å². The van der Waals surface area contributed by atoms with E-state index >= 15 is 0 Å². The molecular formula is C22H26Zr. The average Bonchev–Trinajstić information content (AvgIpc) is 3.09. The van der Waals surface area contributed by atoms with Crippen molar-refractivity contribution in [3.8, 4) is 0 Å². The molecule has 0 aromatic rings. The van der Waals surface area contributed by atoms with E-state index in [9.17, 15) is 0 Å². The zero-order valence-electron chi connectivity index (χ0n) is 14.0. The fourth-order valence-electron chi connectivity index (χ4n) is 3.29. The molecule has 0 amide bonds. The van der Waals surface area contributed by atoms with Gasteiger partial charge in [-0.3, -0.25) is 0 Å². The molecule has 0 aliphatic heterocycles. The summed E-state index contributed by atoms with van der Waals surface area (Å²) in [6.45, 7) is 15.7. The maximum absolute atomic E-state index is 3.95. The van der Waals surface area contributed by atoms with Gasteiger partial charge in [0, 0.05) is 0 Å². The van der Waals surface area contributed by atoms with E-state index in [1.165, 1.54) is 11.1 Å². The van der Waals surface area contributed by atoms with Crippen LogP contribution in [-0.4, -0.2) is 0 Å². The quantitative estimate of drug-likeness (QED) is 0.377. The van der Waals surface area contributed by atoms with Gasteiger partial charge in [0.05, 0.1) is 0 Å². The number of hydrogen-bond donors (Lipinski definition) is 0. The topological polar surface area (TPSA) is 0 Å². The van der Waals surface area contributed by atoms with Crippen molar-refractivity contribution in [1.29, 1.82) is 0 Å². The van der Waals surface area contributed by atoms with Crippen molar-refractivity contribution in [3.63, 3.8) is 0 Å². The third-order valence-corrected chi connectivity index (χ3v) is 8.31. The predicted molar refractivity (Wildman–Crippen MR) is 98.7 cm³/mol. The van der Waals surface area contributed by atoms with Crippen LogP contribution in [0.3, 0.4) is 0 Å². The fourth-order valence-corrected chi connectivity index (χ4v) is 7.22. The Balaban J connectivity index is 2.25. The Labute approximate surface area is 153 Å². The molecule has 1 heteroatoms. The minimum absolute atomic E-state index is 0.705. The Kier molecular flexibility index (Phi) is 7.25. The summed E-state index contributed by atoms with van der Waals surface area (Å²) in [5, 5.41) is 0. The first-order valence-electron chi connectivity index (χ1n) is 8.28. The molecule has 0 unspecified atom stereocenters.